The average Bonchev–Trinajstić information content (AvgIpc) is 3.03. The molecule has 0 bridgehead atoms. The van der Waals surface area contributed by atoms with Crippen molar-refractivity contribution in [3.8, 4) is 0 Å². The van der Waals surface area contributed by atoms with Crippen LogP contribution < -0.4 is 10.0 Å². The lowest BCUT2D eigenvalue weighted by Crippen LogP contribution is -2.29. The normalized spacial score (nSPS) is 14.8. The highest BCUT2D eigenvalue weighted by Crippen LogP contribution is 2.28. The Morgan fingerprint density at radius 3 is 2.81 bits per heavy atom. The van der Waals surface area contributed by atoms with Crippen LogP contribution in [-0.2, 0) is 27.8 Å². The van der Waals surface area contributed by atoms with Gasteiger partial charge in [0, 0.05) is 37.4 Å². The zero-order chi connectivity index (χ0) is 18.6. The highest BCUT2D eigenvalue weighted by molar-refractivity contribution is 7.89. The highest BCUT2D eigenvalue weighted by Gasteiger charge is 2.20. The third kappa shape index (κ3) is 4.67. The number of anilines is 1. The van der Waals surface area contributed by atoms with E-state index in [1.54, 1.807) is 18.2 Å². The summed E-state index contributed by atoms with van der Waals surface area (Å²) >= 11 is 1.50. The van der Waals surface area contributed by atoms with E-state index >= 15 is 0 Å². The van der Waals surface area contributed by atoms with Crippen LogP contribution in [0.25, 0.3) is 0 Å². The monoisotopic (exact) mass is 394 g/mol. The Balaban J connectivity index is 1.50. The van der Waals surface area contributed by atoms with Gasteiger partial charge in [-0.2, -0.15) is 0 Å². The molecular formula is C17H22N4O3S2. The van der Waals surface area contributed by atoms with Crippen molar-refractivity contribution < 1.29 is 13.2 Å². The summed E-state index contributed by atoms with van der Waals surface area (Å²) in [6.45, 7) is 5.03. The molecule has 3 rings (SSSR count). The lowest BCUT2D eigenvalue weighted by atomic mass is 10.2. The van der Waals surface area contributed by atoms with Gasteiger partial charge in [-0.15, -0.1) is 11.3 Å². The summed E-state index contributed by atoms with van der Waals surface area (Å²) in [4.78, 5) is 20.3. The Kier molecular flexibility index (Phi) is 6.02. The molecule has 1 aliphatic heterocycles. The molecule has 7 nitrogen and oxygen atoms in total. The molecule has 0 saturated carbocycles. The lowest BCUT2D eigenvalue weighted by Gasteiger charge is -2.23. The minimum absolute atomic E-state index is 0.0394. The molecule has 0 fully saturated rings. The minimum Gasteiger partial charge on any atom is -0.302 e. The Hall–Kier alpha value is -1.81. The van der Waals surface area contributed by atoms with Gasteiger partial charge in [0.1, 0.15) is 0 Å². The molecule has 1 aliphatic rings. The maximum atomic E-state index is 12.1. The van der Waals surface area contributed by atoms with E-state index in [0.29, 0.717) is 5.13 Å². The molecule has 0 saturated heterocycles. The van der Waals surface area contributed by atoms with Gasteiger partial charge in [0.2, 0.25) is 15.9 Å². The Labute approximate surface area is 157 Å². The van der Waals surface area contributed by atoms with Gasteiger partial charge in [0.15, 0.2) is 5.13 Å². The predicted octanol–water partition coefficient (Wildman–Crippen LogP) is 1.83. The smallest absolute Gasteiger partial charge is 0.240 e. The molecule has 0 spiro atoms. The minimum atomic E-state index is -3.59. The van der Waals surface area contributed by atoms with Gasteiger partial charge in [-0.25, -0.2) is 18.1 Å². The van der Waals surface area contributed by atoms with Gasteiger partial charge in [-0.05, 0) is 18.7 Å². The lowest BCUT2D eigenvalue weighted by molar-refractivity contribution is -0.116. The molecule has 2 N–H and O–H groups in total. The number of amides is 1. The molecule has 140 valence electrons. The summed E-state index contributed by atoms with van der Waals surface area (Å²) in [5, 5.41) is 3.36. The first-order valence-corrected chi connectivity index (χ1v) is 10.8. The second kappa shape index (κ2) is 8.26. The standard InChI is InChI=1S/C17H22N4O3S2/c1-2-21-11-9-14-15(12-21)25-17(19-14)20-16(22)8-10-18-26(23,24)13-6-4-3-5-7-13/h3-7,18H,2,8-12H2,1H3,(H,19,20,22). The summed E-state index contributed by atoms with van der Waals surface area (Å²) in [7, 11) is -3.59. The van der Waals surface area contributed by atoms with E-state index < -0.39 is 10.0 Å². The molecule has 26 heavy (non-hydrogen) atoms. The fourth-order valence-corrected chi connectivity index (χ4v) is 4.86. The SMILES string of the molecule is CCN1CCc2nc(NC(=O)CCNS(=O)(=O)c3ccccc3)sc2C1. The number of carbonyl (C=O) groups excluding carboxylic acids is 1. The Morgan fingerprint density at radius 1 is 1.31 bits per heavy atom. The predicted molar refractivity (Wildman–Crippen MR) is 102 cm³/mol. The quantitative estimate of drug-likeness (QED) is 0.748. The Morgan fingerprint density at radius 2 is 2.08 bits per heavy atom. The number of hydrogen-bond acceptors (Lipinski definition) is 6. The number of benzene rings is 1. The van der Waals surface area contributed by atoms with E-state index in [4.69, 9.17) is 0 Å². The molecule has 0 aliphatic carbocycles. The van der Waals surface area contributed by atoms with Crippen LogP contribution in [-0.4, -0.2) is 43.8 Å². The van der Waals surface area contributed by atoms with E-state index in [2.05, 4.69) is 26.8 Å². The van der Waals surface area contributed by atoms with E-state index in [9.17, 15) is 13.2 Å². The van der Waals surface area contributed by atoms with Crippen molar-refractivity contribution in [3.63, 3.8) is 0 Å². The van der Waals surface area contributed by atoms with Crippen molar-refractivity contribution in [2.45, 2.75) is 31.2 Å². The molecular weight excluding hydrogens is 372 g/mol. The Bertz CT molecular complexity index is 865. The summed E-state index contributed by atoms with van der Waals surface area (Å²) < 4.78 is 26.7. The van der Waals surface area contributed by atoms with Gasteiger partial charge >= 0.3 is 0 Å². The van der Waals surface area contributed by atoms with Crippen LogP contribution in [0.5, 0.6) is 0 Å². The maximum absolute atomic E-state index is 12.1. The molecule has 1 amide bonds. The van der Waals surface area contributed by atoms with E-state index in [1.807, 2.05) is 0 Å². The van der Waals surface area contributed by atoms with Gasteiger partial charge in [0.05, 0.1) is 10.6 Å². The van der Waals surface area contributed by atoms with Crippen LogP contribution in [0.1, 0.15) is 23.9 Å². The zero-order valence-corrected chi connectivity index (χ0v) is 16.2. The van der Waals surface area contributed by atoms with E-state index in [0.717, 1.165) is 31.7 Å². The van der Waals surface area contributed by atoms with Gasteiger partial charge in [-0.1, -0.05) is 25.1 Å². The topological polar surface area (TPSA) is 91.4 Å². The first-order valence-electron chi connectivity index (χ1n) is 8.53. The molecule has 0 atom stereocenters. The molecule has 2 heterocycles. The number of hydrogen-bond donors (Lipinski definition) is 2. The van der Waals surface area contributed by atoms with Crippen LogP contribution in [0, 0.1) is 0 Å². The fourth-order valence-electron chi connectivity index (χ4n) is 2.74. The number of nitrogens with zero attached hydrogens (tertiary/aromatic N) is 2. The third-order valence-corrected chi connectivity index (χ3v) is 6.68. The molecule has 2 aromatic rings. The summed E-state index contributed by atoms with van der Waals surface area (Å²) in [5.74, 6) is -0.251. The van der Waals surface area contributed by atoms with Gasteiger partial charge in [-0.3, -0.25) is 9.69 Å². The molecule has 1 aromatic carbocycles. The second-order valence-corrected chi connectivity index (χ2v) is 8.87. The van der Waals surface area contributed by atoms with E-state index in [1.165, 1.54) is 28.3 Å². The number of aromatic nitrogens is 1. The van der Waals surface area contributed by atoms with Crippen LogP contribution >= 0.6 is 11.3 Å². The number of likely N-dealkylation sites (N-methyl/N-ethyl adjacent to an activating group) is 1. The van der Waals surface area contributed by atoms with Crippen molar-refractivity contribution in [2.24, 2.45) is 0 Å². The van der Waals surface area contributed by atoms with E-state index in [-0.39, 0.29) is 23.8 Å². The third-order valence-electron chi connectivity index (χ3n) is 4.20. The zero-order valence-electron chi connectivity index (χ0n) is 14.6. The molecule has 0 unspecified atom stereocenters. The van der Waals surface area contributed by atoms with Gasteiger partial charge < -0.3 is 5.32 Å². The molecule has 1 aromatic heterocycles. The van der Waals surface area contributed by atoms with Crippen LogP contribution in [0.3, 0.4) is 0 Å². The van der Waals surface area contributed by atoms with Gasteiger partial charge in [0.25, 0.3) is 0 Å². The van der Waals surface area contributed by atoms with Crippen molar-refractivity contribution in [2.75, 3.05) is 25.0 Å². The van der Waals surface area contributed by atoms with Crippen LogP contribution in [0.2, 0.25) is 0 Å². The first kappa shape index (κ1) is 19.0. The average molecular weight is 395 g/mol. The summed E-state index contributed by atoms with van der Waals surface area (Å²) in [5.41, 5.74) is 1.06. The van der Waals surface area contributed by atoms with Crippen LogP contribution in [0.15, 0.2) is 35.2 Å². The molecule has 9 heteroatoms. The summed E-state index contributed by atoms with van der Waals surface area (Å²) in [6, 6.07) is 8.10. The first-order chi connectivity index (χ1) is 12.5. The summed E-state index contributed by atoms with van der Waals surface area (Å²) in [6.07, 6.45) is 0.948. The second-order valence-electron chi connectivity index (χ2n) is 6.02. The molecule has 0 radical (unpaired) electrons. The van der Waals surface area contributed by atoms with Crippen molar-refractivity contribution in [1.82, 2.24) is 14.6 Å². The van der Waals surface area contributed by atoms with Crippen molar-refractivity contribution in [3.05, 3.63) is 40.9 Å². The highest BCUT2D eigenvalue weighted by atomic mass is 32.2. The number of fused-ring (bicyclic) bond motifs is 1. The number of sulfonamides is 1. The number of thiazole rings is 1. The number of nitrogens with one attached hydrogen (secondary N) is 2. The fraction of sp³-hybridized carbons (Fsp3) is 0.412. The van der Waals surface area contributed by atoms with Crippen LogP contribution in [0.4, 0.5) is 5.13 Å². The maximum Gasteiger partial charge on any atom is 0.240 e. The van der Waals surface area contributed by atoms with Crippen molar-refractivity contribution >= 4 is 32.4 Å². The largest absolute Gasteiger partial charge is 0.302 e. The number of carbonyl (C=O) groups is 1. The number of rotatable bonds is 7. The van der Waals surface area contributed by atoms with Crippen molar-refractivity contribution in [1.29, 1.82) is 0 Å².